The third kappa shape index (κ3) is 2.22. The van der Waals surface area contributed by atoms with Crippen LogP contribution in [0.2, 0.25) is 0 Å². The van der Waals surface area contributed by atoms with Gasteiger partial charge in [-0.15, -0.1) is 0 Å². The predicted octanol–water partition coefficient (Wildman–Crippen LogP) is 3.49. The van der Waals surface area contributed by atoms with Gasteiger partial charge in [0.1, 0.15) is 0 Å². The lowest BCUT2D eigenvalue weighted by molar-refractivity contribution is 0.303. The van der Waals surface area contributed by atoms with Crippen LogP contribution < -0.4 is 5.32 Å². The Balaban J connectivity index is 1.51. The Labute approximate surface area is 94.0 Å². The van der Waals surface area contributed by atoms with Crippen molar-refractivity contribution in [2.75, 3.05) is 0 Å². The molecule has 3 aliphatic rings. The number of nitrogens with one attached hydrogen (secondary N) is 1. The summed E-state index contributed by atoms with van der Waals surface area (Å²) in [5.41, 5.74) is 0. The lowest BCUT2D eigenvalue weighted by atomic mass is 9.94. The van der Waals surface area contributed by atoms with Gasteiger partial charge in [0.2, 0.25) is 0 Å². The van der Waals surface area contributed by atoms with E-state index in [-0.39, 0.29) is 0 Å². The second kappa shape index (κ2) is 4.45. The third-order valence-electron chi connectivity index (χ3n) is 5.04. The normalized spacial score (nSPS) is 42.0. The van der Waals surface area contributed by atoms with Crippen molar-refractivity contribution in [2.45, 2.75) is 76.3 Å². The van der Waals surface area contributed by atoms with Crippen molar-refractivity contribution in [3.63, 3.8) is 0 Å². The first-order valence-corrected chi connectivity index (χ1v) is 7.18. The maximum atomic E-state index is 3.99. The summed E-state index contributed by atoms with van der Waals surface area (Å²) in [6, 6.07) is 1.78. The molecular formula is C14H25N. The van der Waals surface area contributed by atoms with Gasteiger partial charge in [-0.2, -0.15) is 0 Å². The van der Waals surface area contributed by atoms with Crippen LogP contribution >= 0.6 is 0 Å². The molecule has 3 saturated carbocycles. The molecular weight excluding hydrogens is 182 g/mol. The van der Waals surface area contributed by atoms with Crippen molar-refractivity contribution >= 4 is 0 Å². The molecule has 3 atom stereocenters. The highest BCUT2D eigenvalue weighted by Gasteiger charge is 2.39. The molecule has 0 amide bonds. The third-order valence-corrected chi connectivity index (χ3v) is 5.04. The summed E-state index contributed by atoms with van der Waals surface area (Å²) in [4.78, 5) is 0. The van der Waals surface area contributed by atoms with E-state index in [1.165, 1.54) is 57.8 Å². The van der Waals surface area contributed by atoms with E-state index < -0.39 is 0 Å². The monoisotopic (exact) mass is 207 g/mol. The molecule has 15 heavy (non-hydrogen) atoms. The van der Waals surface area contributed by atoms with E-state index in [0.29, 0.717) is 0 Å². The van der Waals surface area contributed by atoms with Gasteiger partial charge in [-0.1, -0.05) is 32.1 Å². The van der Waals surface area contributed by atoms with Crippen LogP contribution in [0.3, 0.4) is 0 Å². The van der Waals surface area contributed by atoms with E-state index in [1.54, 1.807) is 6.42 Å². The molecule has 1 N–H and O–H groups in total. The van der Waals surface area contributed by atoms with Crippen molar-refractivity contribution in [3.05, 3.63) is 0 Å². The van der Waals surface area contributed by atoms with Gasteiger partial charge in [-0.05, 0) is 43.9 Å². The molecule has 0 spiro atoms. The topological polar surface area (TPSA) is 12.0 Å². The van der Waals surface area contributed by atoms with E-state index in [2.05, 4.69) is 5.32 Å². The van der Waals surface area contributed by atoms with Gasteiger partial charge in [-0.25, -0.2) is 0 Å². The molecule has 2 bridgehead atoms. The number of hydrogen-bond donors (Lipinski definition) is 1. The van der Waals surface area contributed by atoms with Crippen LogP contribution in [0, 0.1) is 11.8 Å². The van der Waals surface area contributed by atoms with Crippen LogP contribution in [-0.4, -0.2) is 12.1 Å². The zero-order valence-corrected chi connectivity index (χ0v) is 9.88. The number of fused-ring (bicyclic) bond motifs is 2. The van der Waals surface area contributed by atoms with E-state index in [1.807, 2.05) is 0 Å². The van der Waals surface area contributed by atoms with Crippen LogP contribution in [0.15, 0.2) is 0 Å². The van der Waals surface area contributed by atoms with Crippen molar-refractivity contribution in [3.8, 4) is 0 Å². The summed E-state index contributed by atoms with van der Waals surface area (Å²) in [7, 11) is 0. The minimum absolute atomic E-state index is 0.872. The molecule has 0 aromatic rings. The largest absolute Gasteiger partial charge is 0.311 e. The molecule has 3 aliphatic carbocycles. The highest BCUT2D eigenvalue weighted by molar-refractivity contribution is 4.95. The first kappa shape index (κ1) is 10.1. The zero-order valence-electron chi connectivity index (χ0n) is 9.88. The molecule has 1 nitrogen and oxygen atoms in total. The minimum atomic E-state index is 0.872. The summed E-state index contributed by atoms with van der Waals surface area (Å²) in [6.07, 6.45) is 14.9. The summed E-state index contributed by atoms with van der Waals surface area (Å²) in [5, 5.41) is 3.99. The van der Waals surface area contributed by atoms with Crippen molar-refractivity contribution < 1.29 is 0 Å². The SMILES string of the molecule is C1CCCC(N[C@H]2C[C@H]3CC[C@@H]2C3)CC1. The predicted molar refractivity (Wildman–Crippen MR) is 63.9 cm³/mol. The van der Waals surface area contributed by atoms with E-state index in [9.17, 15) is 0 Å². The van der Waals surface area contributed by atoms with E-state index in [4.69, 9.17) is 0 Å². The van der Waals surface area contributed by atoms with Crippen molar-refractivity contribution in [1.82, 2.24) is 5.32 Å². The molecule has 86 valence electrons. The Morgan fingerprint density at radius 1 is 0.733 bits per heavy atom. The standard InChI is InChI=1S/C14H25N/c1-2-4-6-13(5-3-1)15-14-10-11-7-8-12(14)9-11/h11-15H,1-10H2/t11-,12+,14-/m0/s1. The van der Waals surface area contributed by atoms with Gasteiger partial charge in [0, 0.05) is 12.1 Å². The summed E-state index contributed by atoms with van der Waals surface area (Å²) in [6.45, 7) is 0. The maximum Gasteiger partial charge on any atom is 0.0101 e. The Bertz CT molecular complexity index is 205. The minimum Gasteiger partial charge on any atom is -0.311 e. The summed E-state index contributed by atoms with van der Waals surface area (Å²) in [5.74, 6) is 2.15. The Kier molecular flexibility index (Phi) is 3.01. The molecule has 0 radical (unpaired) electrons. The zero-order chi connectivity index (χ0) is 10.1. The van der Waals surface area contributed by atoms with Gasteiger partial charge in [-0.3, -0.25) is 0 Å². The van der Waals surface area contributed by atoms with Crippen molar-refractivity contribution in [2.24, 2.45) is 11.8 Å². The van der Waals surface area contributed by atoms with E-state index in [0.717, 1.165) is 23.9 Å². The summed E-state index contributed by atoms with van der Waals surface area (Å²) < 4.78 is 0. The fourth-order valence-corrected chi connectivity index (χ4v) is 4.20. The second-order valence-electron chi connectivity index (χ2n) is 6.14. The highest BCUT2D eigenvalue weighted by atomic mass is 15.0. The van der Waals surface area contributed by atoms with Gasteiger partial charge in [0.25, 0.3) is 0 Å². The Morgan fingerprint density at radius 3 is 2.13 bits per heavy atom. The molecule has 3 fully saturated rings. The fourth-order valence-electron chi connectivity index (χ4n) is 4.20. The lowest BCUT2D eigenvalue weighted by Crippen LogP contribution is -2.41. The number of hydrogen-bond acceptors (Lipinski definition) is 1. The van der Waals surface area contributed by atoms with Gasteiger partial charge in [0.05, 0.1) is 0 Å². The fraction of sp³-hybridized carbons (Fsp3) is 1.00. The smallest absolute Gasteiger partial charge is 0.0101 e. The molecule has 0 heterocycles. The molecule has 3 rings (SSSR count). The first-order chi connectivity index (χ1) is 7.42. The van der Waals surface area contributed by atoms with Crippen LogP contribution in [0.25, 0.3) is 0 Å². The maximum absolute atomic E-state index is 3.99. The van der Waals surface area contributed by atoms with Crippen LogP contribution in [-0.2, 0) is 0 Å². The molecule has 0 aromatic heterocycles. The van der Waals surface area contributed by atoms with Gasteiger partial charge in [0.15, 0.2) is 0 Å². The van der Waals surface area contributed by atoms with Gasteiger partial charge < -0.3 is 5.32 Å². The molecule has 0 saturated heterocycles. The molecule has 0 aliphatic heterocycles. The van der Waals surface area contributed by atoms with Crippen molar-refractivity contribution in [1.29, 1.82) is 0 Å². The van der Waals surface area contributed by atoms with Crippen LogP contribution in [0.4, 0.5) is 0 Å². The molecule has 1 heteroatoms. The average molecular weight is 207 g/mol. The molecule has 0 unspecified atom stereocenters. The van der Waals surface area contributed by atoms with E-state index >= 15 is 0 Å². The first-order valence-electron chi connectivity index (χ1n) is 7.18. The van der Waals surface area contributed by atoms with Crippen LogP contribution in [0.1, 0.15) is 64.2 Å². The Hall–Kier alpha value is -0.0400. The molecule has 0 aromatic carbocycles. The number of rotatable bonds is 2. The summed E-state index contributed by atoms with van der Waals surface area (Å²) >= 11 is 0. The highest BCUT2D eigenvalue weighted by Crippen LogP contribution is 2.44. The van der Waals surface area contributed by atoms with Crippen LogP contribution in [0.5, 0.6) is 0 Å². The average Bonchev–Trinajstić information content (AvgIpc) is 2.75. The lowest BCUT2D eigenvalue weighted by Gasteiger charge is -2.28. The van der Waals surface area contributed by atoms with Gasteiger partial charge >= 0.3 is 0 Å². The quantitative estimate of drug-likeness (QED) is 0.684. The second-order valence-corrected chi connectivity index (χ2v) is 6.14. The Morgan fingerprint density at radius 2 is 1.53 bits per heavy atom.